The lowest BCUT2D eigenvalue weighted by atomic mass is 10.1. The van der Waals surface area contributed by atoms with E-state index >= 15 is 0 Å². The Hall–Kier alpha value is -2.04. The number of nitriles is 2. The Kier molecular flexibility index (Phi) is 2.86. The van der Waals surface area contributed by atoms with Crippen LogP contribution in [0.15, 0.2) is 18.2 Å². The summed E-state index contributed by atoms with van der Waals surface area (Å²) in [6, 6.07) is 9.04. The van der Waals surface area contributed by atoms with Crippen molar-refractivity contribution >= 4 is 5.69 Å². The number of anilines is 1. The normalized spacial score (nSPS) is 8.54. The predicted molar refractivity (Wildman–Crippen MR) is 48.3 cm³/mol. The van der Waals surface area contributed by atoms with Gasteiger partial charge in [0.05, 0.1) is 29.8 Å². The van der Waals surface area contributed by atoms with Crippen LogP contribution in [0.25, 0.3) is 0 Å². The summed E-state index contributed by atoms with van der Waals surface area (Å²) in [5, 5.41) is 17.1. The molecule has 13 heavy (non-hydrogen) atoms. The molecule has 0 radical (unpaired) electrons. The fraction of sp³-hybridized carbons (Fsp3) is 0.111. The van der Waals surface area contributed by atoms with Crippen LogP contribution < -0.4 is 11.3 Å². The first-order valence-electron chi connectivity index (χ1n) is 3.68. The standard InChI is InChI=1S/C9H8N4/c10-2-1-7-3-8(6-11)5-9(4-7)13-12/h3-5,13H,1,12H2. The minimum absolute atomic E-state index is 0.282. The van der Waals surface area contributed by atoms with Crippen molar-refractivity contribution in [1.82, 2.24) is 0 Å². The maximum atomic E-state index is 8.65. The third kappa shape index (κ3) is 2.19. The number of hydrazine groups is 1. The highest BCUT2D eigenvalue weighted by Crippen LogP contribution is 2.13. The van der Waals surface area contributed by atoms with E-state index in [1.165, 1.54) is 0 Å². The Bertz CT molecular complexity index is 384. The van der Waals surface area contributed by atoms with Gasteiger partial charge in [-0.15, -0.1) is 0 Å². The lowest BCUT2D eigenvalue weighted by molar-refractivity contribution is 1.24. The molecule has 0 fully saturated rings. The first kappa shape index (κ1) is 9.05. The van der Waals surface area contributed by atoms with Crippen molar-refractivity contribution in [2.45, 2.75) is 6.42 Å². The zero-order valence-electron chi connectivity index (χ0n) is 6.91. The molecule has 3 N–H and O–H groups in total. The molecular formula is C9H8N4. The van der Waals surface area contributed by atoms with Crippen LogP contribution in [0.5, 0.6) is 0 Å². The summed E-state index contributed by atoms with van der Waals surface area (Å²) in [7, 11) is 0. The van der Waals surface area contributed by atoms with Gasteiger partial charge in [-0.1, -0.05) is 0 Å². The van der Waals surface area contributed by atoms with Gasteiger partial charge in [0.2, 0.25) is 0 Å². The molecule has 1 rings (SSSR count). The van der Waals surface area contributed by atoms with E-state index in [0.717, 1.165) is 5.56 Å². The molecular weight excluding hydrogens is 164 g/mol. The molecule has 1 aromatic rings. The molecule has 1 aromatic carbocycles. The molecule has 0 saturated heterocycles. The Morgan fingerprint density at radius 1 is 1.31 bits per heavy atom. The van der Waals surface area contributed by atoms with Gasteiger partial charge >= 0.3 is 0 Å². The van der Waals surface area contributed by atoms with E-state index in [9.17, 15) is 0 Å². The second-order valence-electron chi connectivity index (χ2n) is 2.51. The molecule has 0 saturated carbocycles. The molecule has 0 aliphatic rings. The van der Waals surface area contributed by atoms with Gasteiger partial charge in [-0.05, 0) is 23.8 Å². The second-order valence-corrected chi connectivity index (χ2v) is 2.51. The van der Waals surface area contributed by atoms with Crippen LogP contribution in [-0.4, -0.2) is 0 Å². The topological polar surface area (TPSA) is 85.6 Å². The van der Waals surface area contributed by atoms with Crippen molar-refractivity contribution < 1.29 is 0 Å². The monoisotopic (exact) mass is 172 g/mol. The van der Waals surface area contributed by atoms with E-state index < -0.39 is 0 Å². The third-order valence-electron chi connectivity index (χ3n) is 1.57. The molecule has 0 heterocycles. The number of hydrogen-bond acceptors (Lipinski definition) is 4. The number of nitrogens with one attached hydrogen (secondary N) is 1. The van der Waals surface area contributed by atoms with Crippen molar-refractivity contribution in [1.29, 1.82) is 10.5 Å². The zero-order valence-corrected chi connectivity index (χ0v) is 6.91. The first-order chi connectivity index (χ1) is 6.30. The van der Waals surface area contributed by atoms with Crippen LogP contribution in [-0.2, 0) is 6.42 Å². The Labute approximate surface area is 76.2 Å². The molecule has 0 bridgehead atoms. The summed E-state index contributed by atoms with van der Waals surface area (Å²) in [6.45, 7) is 0. The van der Waals surface area contributed by atoms with Gasteiger partial charge in [-0.3, -0.25) is 5.84 Å². The fourth-order valence-electron chi connectivity index (χ4n) is 1.03. The first-order valence-corrected chi connectivity index (χ1v) is 3.68. The lowest BCUT2D eigenvalue weighted by Crippen LogP contribution is -2.07. The molecule has 4 heteroatoms. The Balaban J connectivity index is 3.10. The van der Waals surface area contributed by atoms with Crippen molar-refractivity contribution in [3.8, 4) is 12.1 Å². The minimum atomic E-state index is 0.282. The molecule has 0 aliphatic heterocycles. The van der Waals surface area contributed by atoms with Crippen LogP contribution in [0.2, 0.25) is 0 Å². The zero-order chi connectivity index (χ0) is 9.68. The van der Waals surface area contributed by atoms with E-state index in [1.54, 1.807) is 18.2 Å². The quantitative estimate of drug-likeness (QED) is 0.512. The van der Waals surface area contributed by atoms with Crippen LogP contribution in [0.1, 0.15) is 11.1 Å². The summed E-state index contributed by atoms with van der Waals surface area (Å²) in [5.41, 5.74) is 4.37. The molecule has 0 aliphatic carbocycles. The summed E-state index contributed by atoms with van der Waals surface area (Å²) in [5.74, 6) is 5.20. The largest absolute Gasteiger partial charge is 0.324 e. The Morgan fingerprint density at radius 3 is 2.62 bits per heavy atom. The summed E-state index contributed by atoms with van der Waals surface area (Å²) >= 11 is 0. The minimum Gasteiger partial charge on any atom is -0.324 e. The SMILES string of the molecule is N#CCc1cc(C#N)cc(NN)c1. The van der Waals surface area contributed by atoms with Gasteiger partial charge in [0.25, 0.3) is 0 Å². The maximum absolute atomic E-state index is 8.65. The predicted octanol–water partition coefficient (Wildman–Crippen LogP) is 0.910. The van der Waals surface area contributed by atoms with Gasteiger partial charge in [-0.2, -0.15) is 10.5 Å². The smallest absolute Gasteiger partial charge is 0.0992 e. The highest BCUT2D eigenvalue weighted by molar-refractivity contribution is 5.51. The van der Waals surface area contributed by atoms with Gasteiger partial charge < -0.3 is 5.43 Å². The molecule has 0 spiro atoms. The van der Waals surface area contributed by atoms with E-state index in [1.807, 2.05) is 12.1 Å². The molecule has 4 nitrogen and oxygen atoms in total. The highest BCUT2D eigenvalue weighted by atomic mass is 15.2. The maximum Gasteiger partial charge on any atom is 0.0992 e. The van der Waals surface area contributed by atoms with Gasteiger partial charge in [0.15, 0.2) is 0 Å². The van der Waals surface area contributed by atoms with Crippen LogP contribution in [0, 0.1) is 22.7 Å². The number of hydrogen-bond donors (Lipinski definition) is 2. The average Bonchev–Trinajstić information content (AvgIpc) is 2.17. The lowest BCUT2D eigenvalue weighted by Gasteiger charge is -2.02. The molecule has 0 unspecified atom stereocenters. The highest BCUT2D eigenvalue weighted by Gasteiger charge is 1.98. The van der Waals surface area contributed by atoms with Gasteiger partial charge in [-0.25, -0.2) is 0 Å². The Morgan fingerprint density at radius 2 is 2.08 bits per heavy atom. The van der Waals surface area contributed by atoms with Gasteiger partial charge in [0.1, 0.15) is 0 Å². The van der Waals surface area contributed by atoms with Crippen LogP contribution >= 0.6 is 0 Å². The van der Waals surface area contributed by atoms with Crippen molar-refractivity contribution in [3.63, 3.8) is 0 Å². The summed E-state index contributed by atoms with van der Waals surface area (Å²) in [6.07, 6.45) is 0.282. The number of nitrogen functional groups attached to an aromatic ring is 1. The van der Waals surface area contributed by atoms with E-state index in [0.29, 0.717) is 11.3 Å². The van der Waals surface area contributed by atoms with E-state index in [-0.39, 0.29) is 6.42 Å². The van der Waals surface area contributed by atoms with Crippen molar-refractivity contribution in [2.75, 3.05) is 5.43 Å². The second kappa shape index (κ2) is 4.10. The van der Waals surface area contributed by atoms with E-state index in [4.69, 9.17) is 16.4 Å². The van der Waals surface area contributed by atoms with E-state index in [2.05, 4.69) is 5.43 Å². The summed E-state index contributed by atoms with van der Waals surface area (Å²) in [4.78, 5) is 0. The number of benzene rings is 1. The molecule has 0 atom stereocenters. The molecule has 64 valence electrons. The van der Waals surface area contributed by atoms with Gasteiger partial charge in [0, 0.05) is 0 Å². The number of nitrogens with two attached hydrogens (primary N) is 1. The average molecular weight is 172 g/mol. The van der Waals surface area contributed by atoms with Crippen molar-refractivity contribution in [2.24, 2.45) is 5.84 Å². The van der Waals surface area contributed by atoms with Crippen LogP contribution in [0.4, 0.5) is 5.69 Å². The van der Waals surface area contributed by atoms with Crippen molar-refractivity contribution in [3.05, 3.63) is 29.3 Å². The number of rotatable bonds is 2. The molecule has 0 aromatic heterocycles. The fourth-order valence-corrected chi connectivity index (χ4v) is 1.03. The third-order valence-corrected chi connectivity index (χ3v) is 1.57. The molecule has 0 amide bonds. The summed E-state index contributed by atoms with van der Waals surface area (Å²) < 4.78 is 0. The number of nitrogens with zero attached hydrogens (tertiary/aromatic N) is 2. The van der Waals surface area contributed by atoms with Crippen LogP contribution in [0.3, 0.4) is 0 Å².